The number of carbonyl (C=O) groups is 1. The Balaban J connectivity index is 1.60. The molecule has 0 unspecified atom stereocenters. The van der Waals surface area contributed by atoms with Gasteiger partial charge in [-0.25, -0.2) is 0 Å². The maximum atomic E-state index is 11.7. The number of rotatable bonds is 7. The van der Waals surface area contributed by atoms with Gasteiger partial charge in [0.2, 0.25) is 5.91 Å². The Hall–Kier alpha value is -1.91. The van der Waals surface area contributed by atoms with Crippen molar-refractivity contribution in [1.29, 1.82) is 0 Å². The van der Waals surface area contributed by atoms with Crippen LogP contribution in [-0.2, 0) is 17.9 Å². The highest BCUT2D eigenvalue weighted by Crippen LogP contribution is 2.08. The quantitative estimate of drug-likeness (QED) is 0.773. The zero-order valence-corrected chi connectivity index (χ0v) is 12.4. The van der Waals surface area contributed by atoms with Crippen LogP contribution in [0.1, 0.15) is 17.7 Å². The SMILES string of the molecule is O=C(CCNCc1ccc(Cl)cc1)NCc1ccccn1. The molecule has 2 aromatic rings. The van der Waals surface area contributed by atoms with Crippen molar-refractivity contribution in [3.05, 3.63) is 64.9 Å². The van der Waals surface area contributed by atoms with Gasteiger partial charge in [-0.1, -0.05) is 29.8 Å². The highest BCUT2D eigenvalue weighted by Gasteiger charge is 2.01. The van der Waals surface area contributed by atoms with E-state index in [2.05, 4.69) is 15.6 Å². The monoisotopic (exact) mass is 303 g/mol. The summed E-state index contributed by atoms with van der Waals surface area (Å²) >= 11 is 5.82. The Labute approximate surface area is 129 Å². The summed E-state index contributed by atoms with van der Waals surface area (Å²) in [5, 5.41) is 6.81. The molecule has 1 amide bonds. The first-order valence-corrected chi connectivity index (χ1v) is 7.23. The van der Waals surface area contributed by atoms with E-state index >= 15 is 0 Å². The van der Waals surface area contributed by atoms with Crippen molar-refractivity contribution in [1.82, 2.24) is 15.6 Å². The zero-order valence-electron chi connectivity index (χ0n) is 11.7. The molecule has 0 saturated carbocycles. The number of carbonyl (C=O) groups excluding carboxylic acids is 1. The minimum Gasteiger partial charge on any atom is -0.350 e. The number of hydrogen-bond acceptors (Lipinski definition) is 3. The van der Waals surface area contributed by atoms with Gasteiger partial charge in [-0.3, -0.25) is 9.78 Å². The van der Waals surface area contributed by atoms with Crippen molar-refractivity contribution in [3.8, 4) is 0 Å². The van der Waals surface area contributed by atoms with Crippen LogP contribution in [0.5, 0.6) is 0 Å². The first-order valence-electron chi connectivity index (χ1n) is 6.86. The summed E-state index contributed by atoms with van der Waals surface area (Å²) in [5.74, 6) is 0.0178. The average Bonchev–Trinajstić information content (AvgIpc) is 2.52. The maximum absolute atomic E-state index is 11.7. The average molecular weight is 304 g/mol. The molecule has 0 aliphatic rings. The van der Waals surface area contributed by atoms with Crippen LogP contribution in [0, 0.1) is 0 Å². The lowest BCUT2D eigenvalue weighted by molar-refractivity contribution is -0.121. The van der Waals surface area contributed by atoms with E-state index in [-0.39, 0.29) is 5.91 Å². The molecule has 1 aromatic carbocycles. The number of pyridine rings is 1. The first kappa shape index (κ1) is 15.5. The van der Waals surface area contributed by atoms with E-state index in [1.165, 1.54) is 0 Å². The highest BCUT2D eigenvalue weighted by molar-refractivity contribution is 6.30. The fourth-order valence-corrected chi connectivity index (χ4v) is 1.94. The lowest BCUT2D eigenvalue weighted by Gasteiger charge is -2.06. The van der Waals surface area contributed by atoms with Crippen LogP contribution in [0.15, 0.2) is 48.7 Å². The Morgan fingerprint density at radius 3 is 2.62 bits per heavy atom. The minimum atomic E-state index is 0.0178. The normalized spacial score (nSPS) is 10.3. The van der Waals surface area contributed by atoms with Crippen molar-refractivity contribution >= 4 is 17.5 Å². The van der Waals surface area contributed by atoms with Gasteiger partial charge < -0.3 is 10.6 Å². The Kier molecular flexibility index (Phi) is 6.19. The lowest BCUT2D eigenvalue weighted by atomic mass is 10.2. The molecule has 0 atom stereocenters. The van der Waals surface area contributed by atoms with Crippen molar-refractivity contribution in [2.24, 2.45) is 0 Å². The van der Waals surface area contributed by atoms with Crippen LogP contribution < -0.4 is 10.6 Å². The minimum absolute atomic E-state index is 0.0178. The third kappa shape index (κ3) is 5.94. The van der Waals surface area contributed by atoms with Crippen LogP contribution in [0.25, 0.3) is 0 Å². The third-order valence-electron chi connectivity index (χ3n) is 2.96. The van der Waals surface area contributed by atoms with E-state index in [0.29, 0.717) is 19.5 Å². The van der Waals surface area contributed by atoms with Gasteiger partial charge >= 0.3 is 0 Å². The molecule has 110 valence electrons. The first-order chi connectivity index (χ1) is 10.2. The largest absolute Gasteiger partial charge is 0.350 e. The van der Waals surface area contributed by atoms with Gasteiger partial charge in [-0.05, 0) is 29.8 Å². The van der Waals surface area contributed by atoms with Crippen LogP contribution in [0.3, 0.4) is 0 Å². The molecule has 0 fully saturated rings. The van der Waals surface area contributed by atoms with Gasteiger partial charge in [0.15, 0.2) is 0 Å². The van der Waals surface area contributed by atoms with Crippen LogP contribution >= 0.6 is 11.6 Å². The number of aromatic nitrogens is 1. The van der Waals surface area contributed by atoms with Crippen LogP contribution in [0.4, 0.5) is 0 Å². The molecule has 0 spiro atoms. The number of hydrogen-bond donors (Lipinski definition) is 2. The second-order valence-corrected chi connectivity index (χ2v) is 5.09. The van der Waals surface area contributed by atoms with E-state index in [1.54, 1.807) is 6.20 Å². The molecule has 0 bridgehead atoms. The molecule has 5 heteroatoms. The van der Waals surface area contributed by atoms with Crippen molar-refractivity contribution in [2.75, 3.05) is 6.54 Å². The summed E-state index contributed by atoms with van der Waals surface area (Å²) in [4.78, 5) is 15.8. The molecule has 2 rings (SSSR count). The fraction of sp³-hybridized carbons (Fsp3) is 0.250. The Morgan fingerprint density at radius 2 is 1.90 bits per heavy atom. The zero-order chi connectivity index (χ0) is 14.9. The molecule has 21 heavy (non-hydrogen) atoms. The van der Waals surface area contributed by atoms with Crippen LogP contribution in [-0.4, -0.2) is 17.4 Å². The molecule has 1 heterocycles. The lowest BCUT2D eigenvalue weighted by Crippen LogP contribution is -2.27. The number of benzene rings is 1. The van der Waals surface area contributed by atoms with E-state index in [4.69, 9.17) is 11.6 Å². The summed E-state index contributed by atoms with van der Waals surface area (Å²) < 4.78 is 0. The fourth-order valence-electron chi connectivity index (χ4n) is 1.82. The van der Waals surface area contributed by atoms with E-state index in [0.717, 1.165) is 22.8 Å². The van der Waals surface area contributed by atoms with Gasteiger partial charge in [-0.15, -0.1) is 0 Å². The summed E-state index contributed by atoms with van der Waals surface area (Å²) in [7, 11) is 0. The Morgan fingerprint density at radius 1 is 1.10 bits per heavy atom. The van der Waals surface area contributed by atoms with Crippen molar-refractivity contribution < 1.29 is 4.79 Å². The second kappa shape index (κ2) is 8.39. The molecule has 0 aliphatic heterocycles. The van der Waals surface area contributed by atoms with Gasteiger partial charge in [-0.2, -0.15) is 0 Å². The molecule has 0 saturated heterocycles. The third-order valence-corrected chi connectivity index (χ3v) is 3.22. The number of nitrogens with one attached hydrogen (secondary N) is 2. The molecular formula is C16H18ClN3O. The van der Waals surface area contributed by atoms with Gasteiger partial charge in [0, 0.05) is 30.7 Å². The predicted octanol–water partition coefficient (Wildman–Crippen LogP) is 2.53. The van der Waals surface area contributed by atoms with Gasteiger partial charge in [0.25, 0.3) is 0 Å². The molecule has 0 aliphatic carbocycles. The van der Waals surface area contributed by atoms with E-state index in [9.17, 15) is 4.79 Å². The second-order valence-electron chi connectivity index (χ2n) is 4.65. The topological polar surface area (TPSA) is 54.0 Å². The van der Waals surface area contributed by atoms with Gasteiger partial charge in [0.1, 0.15) is 0 Å². The summed E-state index contributed by atoms with van der Waals surface area (Å²) in [6, 6.07) is 13.3. The maximum Gasteiger partial charge on any atom is 0.221 e. The van der Waals surface area contributed by atoms with Gasteiger partial charge in [0.05, 0.1) is 12.2 Å². The molecule has 1 aromatic heterocycles. The summed E-state index contributed by atoms with van der Waals surface area (Å²) in [5.41, 5.74) is 2.01. The summed E-state index contributed by atoms with van der Waals surface area (Å²) in [6.07, 6.45) is 2.16. The number of nitrogens with zero attached hydrogens (tertiary/aromatic N) is 1. The van der Waals surface area contributed by atoms with Crippen molar-refractivity contribution in [2.45, 2.75) is 19.5 Å². The Bertz CT molecular complexity index is 557. The standard InChI is InChI=1S/C16H18ClN3O/c17-14-6-4-13(5-7-14)11-18-10-8-16(21)20-12-15-3-1-2-9-19-15/h1-7,9,18H,8,10-12H2,(H,20,21). The highest BCUT2D eigenvalue weighted by atomic mass is 35.5. The molecule has 4 nitrogen and oxygen atoms in total. The number of amides is 1. The van der Waals surface area contributed by atoms with E-state index in [1.807, 2.05) is 42.5 Å². The summed E-state index contributed by atoms with van der Waals surface area (Å²) in [6.45, 7) is 1.83. The van der Waals surface area contributed by atoms with Crippen molar-refractivity contribution in [3.63, 3.8) is 0 Å². The number of halogens is 1. The molecule has 0 radical (unpaired) electrons. The smallest absolute Gasteiger partial charge is 0.221 e. The van der Waals surface area contributed by atoms with E-state index < -0.39 is 0 Å². The molecule has 2 N–H and O–H groups in total. The predicted molar refractivity (Wildman–Crippen MR) is 83.9 cm³/mol. The molecular weight excluding hydrogens is 286 g/mol. The van der Waals surface area contributed by atoms with Crippen LogP contribution in [0.2, 0.25) is 5.02 Å².